The molecular weight excluding hydrogens is 435 g/mol. The van der Waals surface area contributed by atoms with Gasteiger partial charge in [0.25, 0.3) is 11.5 Å². The lowest BCUT2D eigenvalue weighted by molar-refractivity contribution is -0.120. The number of carbonyl (C=O) groups is 2. The number of H-pyrrole nitrogens is 1. The zero-order valence-electron chi connectivity index (χ0n) is 19.7. The number of benzene rings is 2. The Morgan fingerprint density at radius 3 is 2.38 bits per heavy atom. The highest BCUT2D eigenvalue weighted by molar-refractivity contribution is 6.02. The first-order valence-electron chi connectivity index (χ1n) is 11.1. The maximum Gasteiger partial charge on any atom is 0.267 e. The predicted octanol–water partition coefficient (Wildman–Crippen LogP) is 3.22. The number of aromatic nitrogens is 2. The van der Waals surface area contributed by atoms with Crippen LogP contribution in [0.3, 0.4) is 0 Å². The summed E-state index contributed by atoms with van der Waals surface area (Å²) >= 11 is 0. The number of aryl methyl sites for hydroxylation is 2. The van der Waals surface area contributed by atoms with E-state index in [1.807, 2.05) is 39.0 Å². The minimum Gasteiger partial charge on any atom is -0.327 e. The summed E-state index contributed by atoms with van der Waals surface area (Å²) in [6.07, 6.45) is 0.337. The highest BCUT2D eigenvalue weighted by atomic mass is 19.1. The van der Waals surface area contributed by atoms with Crippen molar-refractivity contribution in [3.8, 4) is 0 Å². The van der Waals surface area contributed by atoms with Crippen molar-refractivity contribution in [2.45, 2.75) is 34.1 Å². The Morgan fingerprint density at radius 1 is 1.00 bits per heavy atom. The first kappa shape index (κ1) is 23.4. The van der Waals surface area contributed by atoms with Crippen molar-refractivity contribution in [3.05, 3.63) is 91.6 Å². The van der Waals surface area contributed by atoms with Gasteiger partial charge < -0.3 is 9.80 Å². The fourth-order valence-corrected chi connectivity index (χ4v) is 4.28. The smallest absolute Gasteiger partial charge is 0.267 e. The molecule has 1 aliphatic rings. The van der Waals surface area contributed by atoms with Crippen LogP contribution in [0.2, 0.25) is 0 Å². The Labute approximate surface area is 197 Å². The van der Waals surface area contributed by atoms with Gasteiger partial charge in [0.1, 0.15) is 12.4 Å². The Kier molecular flexibility index (Phi) is 6.32. The molecule has 1 aromatic heterocycles. The molecule has 0 unspecified atom stereocenters. The SMILES string of the molecule is Cc1cc(C)cc(N2CCN(C(=O)c3cc(Cc4n[nH]c(=O)c(C)c4C)ccc3F)CC2=O)c1. The van der Waals surface area contributed by atoms with E-state index < -0.39 is 11.7 Å². The number of aromatic amines is 1. The molecule has 3 aromatic rings. The molecule has 2 amide bonds. The van der Waals surface area contributed by atoms with Crippen molar-refractivity contribution < 1.29 is 14.0 Å². The molecule has 0 aliphatic carbocycles. The van der Waals surface area contributed by atoms with E-state index in [9.17, 15) is 18.8 Å². The molecule has 1 N–H and O–H groups in total. The predicted molar refractivity (Wildman–Crippen MR) is 128 cm³/mol. The molecule has 34 heavy (non-hydrogen) atoms. The summed E-state index contributed by atoms with van der Waals surface area (Å²) < 4.78 is 14.6. The molecule has 1 fully saturated rings. The molecule has 2 aromatic carbocycles. The van der Waals surface area contributed by atoms with Gasteiger partial charge in [0.05, 0.1) is 11.3 Å². The summed E-state index contributed by atoms with van der Waals surface area (Å²) in [5, 5.41) is 6.57. The quantitative estimate of drug-likeness (QED) is 0.645. The van der Waals surface area contributed by atoms with E-state index in [1.165, 1.54) is 17.0 Å². The van der Waals surface area contributed by atoms with Crippen LogP contribution in [-0.2, 0) is 11.2 Å². The second-order valence-electron chi connectivity index (χ2n) is 8.86. The number of amides is 2. The fraction of sp³-hybridized carbons (Fsp3) is 0.308. The Balaban J connectivity index is 1.53. The average molecular weight is 463 g/mol. The number of carbonyl (C=O) groups excluding carboxylic acids is 2. The van der Waals surface area contributed by atoms with Crippen LogP contribution in [0, 0.1) is 33.5 Å². The third kappa shape index (κ3) is 4.62. The van der Waals surface area contributed by atoms with Crippen LogP contribution in [0.4, 0.5) is 10.1 Å². The zero-order valence-corrected chi connectivity index (χ0v) is 19.7. The summed E-state index contributed by atoms with van der Waals surface area (Å²) in [6.45, 7) is 8.01. The average Bonchev–Trinajstić information content (AvgIpc) is 2.79. The normalized spacial score (nSPS) is 14.0. The van der Waals surface area contributed by atoms with Crippen LogP contribution in [0.1, 0.15) is 43.9 Å². The third-order valence-electron chi connectivity index (χ3n) is 6.29. The summed E-state index contributed by atoms with van der Waals surface area (Å²) in [5.41, 5.74) is 5.26. The maximum atomic E-state index is 14.6. The number of nitrogens with one attached hydrogen (secondary N) is 1. The van der Waals surface area contributed by atoms with Gasteiger partial charge in [-0.25, -0.2) is 9.49 Å². The van der Waals surface area contributed by atoms with E-state index in [0.717, 1.165) is 22.4 Å². The number of anilines is 1. The molecule has 176 valence electrons. The fourth-order valence-electron chi connectivity index (χ4n) is 4.28. The number of hydrogen-bond donors (Lipinski definition) is 1. The Bertz CT molecular complexity index is 1330. The number of nitrogens with zero attached hydrogens (tertiary/aromatic N) is 3. The van der Waals surface area contributed by atoms with Gasteiger partial charge in [0.2, 0.25) is 5.91 Å². The van der Waals surface area contributed by atoms with Gasteiger partial charge in [-0.15, -0.1) is 0 Å². The van der Waals surface area contributed by atoms with E-state index in [1.54, 1.807) is 17.9 Å². The monoisotopic (exact) mass is 462 g/mol. The summed E-state index contributed by atoms with van der Waals surface area (Å²) in [6, 6.07) is 10.3. The summed E-state index contributed by atoms with van der Waals surface area (Å²) in [5.74, 6) is -1.36. The molecule has 7 nitrogen and oxygen atoms in total. The molecular formula is C26H27FN4O3. The van der Waals surface area contributed by atoms with Crippen molar-refractivity contribution in [3.63, 3.8) is 0 Å². The highest BCUT2D eigenvalue weighted by Gasteiger charge is 2.30. The molecule has 8 heteroatoms. The largest absolute Gasteiger partial charge is 0.327 e. The van der Waals surface area contributed by atoms with Crippen molar-refractivity contribution >= 4 is 17.5 Å². The molecule has 0 bridgehead atoms. The first-order chi connectivity index (χ1) is 16.1. The minimum atomic E-state index is -0.639. The molecule has 1 saturated heterocycles. The van der Waals surface area contributed by atoms with Crippen LogP contribution >= 0.6 is 0 Å². The number of halogens is 1. The Morgan fingerprint density at radius 2 is 1.71 bits per heavy atom. The molecule has 1 aliphatic heterocycles. The van der Waals surface area contributed by atoms with Gasteiger partial charge >= 0.3 is 0 Å². The maximum absolute atomic E-state index is 14.6. The van der Waals surface area contributed by atoms with Crippen LogP contribution in [0.25, 0.3) is 0 Å². The van der Waals surface area contributed by atoms with Crippen molar-refractivity contribution in [2.75, 3.05) is 24.5 Å². The van der Waals surface area contributed by atoms with E-state index >= 15 is 0 Å². The highest BCUT2D eigenvalue weighted by Crippen LogP contribution is 2.23. The van der Waals surface area contributed by atoms with Gasteiger partial charge in [0.15, 0.2) is 0 Å². The zero-order chi connectivity index (χ0) is 24.6. The molecule has 0 atom stereocenters. The van der Waals surface area contributed by atoms with Crippen LogP contribution in [0.15, 0.2) is 41.2 Å². The first-order valence-corrected chi connectivity index (χ1v) is 11.1. The molecule has 4 rings (SSSR count). The van der Waals surface area contributed by atoms with E-state index in [-0.39, 0.29) is 23.6 Å². The van der Waals surface area contributed by atoms with Crippen molar-refractivity contribution in [1.82, 2.24) is 15.1 Å². The lowest BCUT2D eigenvalue weighted by Gasteiger charge is -2.34. The van der Waals surface area contributed by atoms with Gasteiger partial charge in [-0.1, -0.05) is 12.1 Å². The standard InChI is InChI=1S/C26H27FN4O3/c1-15-9-16(2)11-20(10-15)31-8-7-30(14-24(31)32)26(34)21-12-19(5-6-22(21)27)13-23-17(3)18(4)25(33)29-28-23/h5-6,9-12H,7-8,13-14H2,1-4H3,(H,29,33). The molecule has 2 heterocycles. The van der Waals surface area contributed by atoms with Crippen molar-refractivity contribution in [2.24, 2.45) is 0 Å². The molecule has 0 saturated carbocycles. The number of hydrogen-bond acceptors (Lipinski definition) is 4. The van der Waals surface area contributed by atoms with E-state index in [0.29, 0.717) is 36.3 Å². The number of piperazine rings is 1. The topological polar surface area (TPSA) is 86.4 Å². The van der Waals surface area contributed by atoms with Gasteiger partial charge in [-0.05, 0) is 74.2 Å². The minimum absolute atomic E-state index is 0.0797. The van der Waals surface area contributed by atoms with Gasteiger partial charge in [-0.3, -0.25) is 14.4 Å². The lowest BCUT2D eigenvalue weighted by Crippen LogP contribution is -2.52. The van der Waals surface area contributed by atoms with Gasteiger partial charge in [0, 0.05) is 30.8 Å². The molecule has 0 radical (unpaired) electrons. The van der Waals surface area contributed by atoms with E-state index in [2.05, 4.69) is 10.2 Å². The van der Waals surface area contributed by atoms with Crippen LogP contribution < -0.4 is 10.5 Å². The van der Waals surface area contributed by atoms with Crippen LogP contribution in [0.5, 0.6) is 0 Å². The lowest BCUT2D eigenvalue weighted by atomic mass is 10.0. The van der Waals surface area contributed by atoms with Crippen molar-refractivity contribution in [1.29, 1.82) is 0 Å². The second kappa shape index (κ2) is 9.21. The summed E-state index contributed by atoms with van der Waals surface area (Å²) in [7, 11) is 0. The number of rotatable bonds is 4. The second-order valence-corrected chi connectivity index (χ2v) is 8.86. The molecule has 0 spiro atoms. The summed E-state index contributed by atoms with van der Waals surface area (Å²) in [4.78, 5) is 40.8. The van der Waals surface area contributed by atoms with E-state index in [4.69, 9.17) is 0 Å². The third-order valence-corrected chi connectivity index (χ3v) is 6.29. The van der Waals surface area contributed by atoms with Crippen LogP contribution in [-0.4, -0.2) is 46.5 Å². The van der Waals surface area contributed by atoms with Gasteiger partial charge in [-0.2, -0.15) is 5.10 Å². The Hall–Kier alpha value is -3.81.